The van der Waals surface area contributed by atoms with Crippen LogP contribution in [0.15, 0.2) is 42.5 Å². The van der Waals surface area contributed by atoms with Crippen molar-refractivity contribution in [3.05, 3.63) is 59.3 Å². The maximum Gasteiger partial charge on any atom is 0.257 e. The highest BCUT2D eigenvalue weighted by Gasteiger charge is 2.19. The number of aromatic amines is 1. The zero-order valence-electron chi connectivity index (χ0n) is 12.0. The predicted molar refractivity (Wildman–Crippen MR) is 85.9 cm³/mol. The monoisotopic (exact) mass is 292 g/mol. The summed E-state index contributed by atoms with van der Waals surface area (Å²) in [6.07, 6.45) is 0.872. The molecule has 0 saturated carbocycles. The van der Waals surface area contributed by atoms with Crippen LogP contribution >= 0.6 is 0 Å². The average Bonchev–Trinajstić information content (AvgIpc) is 2.97. The standard InChI is InChI=1S/C17H16N4O/c22-17(13-7-3-5-11-4-1-2-6-12(11)13)19-16-14-8-9-18-10-15(14)20-21-16/h1-7,18H,8-10H2,(H2,19,20,21,22). The van der Waals surface area contributed by atoms with E-state index in [0.717, 1.165) is 41.5 Å². The summed E-state index contributed by atoms with van der Waals surface area (Å²) >= 11 is 0. The SMILES string of the molecule is O=C(Nc1n[nH]c2c1CCNC2)c1cccc2ccccc12. The highest BCUT2D eigenvalue weighted by molar-refractivity contribution is 6.12. The first kappa shape index (κ1) is 13.0. The van der Waals surface area contributed by atoms with E-state index in [0.29, 0.717) is 11.4 Å². The van der Waals surface area contributed by atoms with Gasteiger partial charge in [0.15, 0.2) is 5.82 Å². The van der Waals surface area contributed by atoms with E-state index in [2.05, 4.69) is 20.8 Å². The van der Waals surface area contributed by atoms with Crippen molar-refractivity contribution in [1.82, 2.24) is 15.5 Å². The number of aromatic nitrogens is 2. The lowest BCUT2D eigenvalue weighted by molar-refractivity contribution is 0.102. The highest BCUT2D eigenvalue weighted by Crippen LogP contribution is 2.23. The van der Waals surface area contributed by atoms with Crippen molar-refractivity contribution in [2.75, 3.05) is 11.9 Å². The first-order valence-corrected chi connectivity index (χ1v) is 7.39. The molecule has 0 aliphatic carbocycles. The highest BCUT2D eigenvalue weighted by atomic mass is 16.1. The lowest BCUT2D eigenvalue weighted by Crippen LogP contribution is -2.24. The Bertz CT molecular complexity index is 847. The van der Waals surface area contributed by atoms with Gasteiger partial charge in [-0.05, 0) is 29.8 Å². The van der Waals surface area contributed by atoms with Gasteiger partial charge in [-0.1, -0.05) is 36.4 Å². The van der Waals surface area contributed by atoms with Crippen molar-refractivity contribution in [3.63, 3.8) is 0 Å². The number of nitrogens with zero attached hydrogens (tertiary/aromatic N) is 1. The molecule has 1 aromatic heterocycles. The molecule has 4 rings (SSSR count). The molecular weight excluding hydrogens is 276 g/mol. The molecule has 1 aliphatic heterocycles. The molecular formula is C17H16N4O. The summed E-state index contributed by atoms with van der Waals surface area (Å²) in [5.74, 6) is 0.527. The van der Waals surface area contributed by atoms with Crippen LogP contribution in [0.2, 0.25) is 0 Å². The lowest BCUT2D eigenvalue weighted by Gasteiger charge is -2.13. The molecule has 2 aromatic carbocycles. The number of nitrogens with one attached hydrogen (secondary N) is 3. The van der Waals surface area contributed by atoms with Crippen molar-refractivity contribution in [1.29, 1.82) is 0 Å². The Morgan fingerprint density at radius 2 is 2.00 bits per heavy atom. The summed E-state index contributed by atoms with van der Waals surface area (Å²) in [5, 5.41) is 15.5. The van der Waals surface area contributed by atoms with Crippen LogP contribution in [0.5, 0.6) is 0 Å². The number of carbonyl (C=O) groups excluding carboxylic acids is 1. The number of anilines is 1. The van der Waals surface area contributed by atoms with Crippen LogP contribution in [-0.4, -0.2) is 22.6 Å². The summed E-state index contributed by atoms with van der Waals surface area (Å²) in [5.41, 5.74) is 2.83. The summed E-state index contributed by atoms with van der Waals surface area (Å²) in [6, 6.07) is 13.7. The zero-order chi connectivity index (χ0) is 14.9. The van der Waals surface area contributed by atoms with Gasteiger partial charge in [0.2, 0.25) is 0 Å². The number of H-pyrrole nitrogens is 1. The zero-order valence-corrected chi connectivity index (χ0v) is 12.0. The molecule has 0 spiro atoms. The van der Waals surface area contributed by atoms with E-state index in [4.69, 9.17) is 0 Å². The summed E-state index contributed by atoms with van der Waals surface area (Å²) in [7, 11) is 0. The number of rotatable bonds is 2. The van der Waals surface area contributed by atoms with Crippen molar-refractivity contribution >= 4 is 22.5 Å². The molecule has 0 fully saturated rings. The number of carbonyl (C=O) groups is 1. The van der Waals surface area contributed by atoms with Gasteiger partial charge in [-0.15, -0.1) is 0 Å². The second-order valence-corrected chi connectivity index (χ2v) is 5.44. The smallest absolute Gasteiger partial charge is 0.257 e. The Morgan fingerprint density at radius 1 is 1.14 bits per heavy atom. The average molecular weight is 292 g/mol. The third-order valence-corrected chi connectivity index (χ3v) is 4.07. The fourth-order valence-electron chi connectivity index (χ4n) is 2.95. The molecule has 110 valence electrons. The quantitative estimate of drug-likeness (QED) is 0.679. The Labute approximate surface area is 127 Å². The van der Waals surface area contributed by atoms with Gasteiger partial charge in [0.1, 0.15) is 0 Å². The second-order valence-electron chi connectivity index (χ2n) is 5.44. The Balaban J connectivity index is 1.68. The molecule has 0 saturated heterocycles. The Kier molecular flexibility index (Phi) is 3.12. The third-order valence-electron chi connectivity index (χ3n) is 4.07. The van der Waals surface area contributed by atoms with Crippen molar-refractivity contribution in [2.24, 2.45) is 0 Å². The van der Waals surface area contributed by atoms with Crippen LogP contribution in [0.4, 0.5) is 5.82 Å². The normalized spacial score (nSPS) is 13.8. The van der Waals surface area contributed by atoms with Gasteiger partial charge in [0, 0.05) is 17.7 Å². The minimum Gasteiger partial charge on any atom is -0.311 e. The summed E-state index contributed by atoms with van der Waals surface area (Å²) in [6.45, 7) is 1.68. The maximum atomic E-state index is 12.6. The van der Waals surface area contributed by atoms with E-state index in [1.165, 1.54) is 0 Å². The van der Waals surface area contributed by atoms with Crippen LogP contribution < -0.4 is 10.6 Å². The second kappa shape index (κ2) is 5.27. The molecule has 5 heteroatoms. The topological polar surface area (TPSA) is 69.8 Å². The van der Waals surface area contributed by atoms with Crippen molar-refractivity contribution in [2.45, 2.75) is 13.0 Å². The molecule has 22 heavy (non-hydrogen) atoms. The fourth-order valence-corrected chi connectivity index (χ4v) is 2.95. The van der Waals surface area contributed by atoms with E-state index in [-0.39, 0.29) is 5.91 Å². The summed E-state index contributed by atoms with van der Waals surface area (Å²) in [4.78, 5) is 12.6. The first-order valence-electron chi connectivity index (χ1n) is 7.39. The van der Waals surface area contributed by atoms with E-state index in [1.54, 1.807) is 0 Å². The van der Waals surface area contributed by atoms with Gasteiger partial charge in [-0.3, -0.25) is 9.89 Å². The van der Waals surface area contributed by atoms with E-state index >= 15 is 0 Å². The third kappa shape index (κ3) is 2.16. The molecule has 0 unspecified atom stereocenters. The molecule has 0 radical (unpaired) electrons. The molecule has 3 N–H and O–H groups in total. The molecule has 5 nitrogen and oxygen atoms in total. The predicted octanol–water partition coefficient (Wildman–Crippen LogP) is 2.46. The first-order chi connectivity index (χ1) is 10.8. The van der Waals surface area contributed by atoms with E-state index < -0.39 is 0 Å². The number of hydrogen-bond acceptors (Lipinski definition) is 3. The van der Waals surface area contributed by atoms with E-state index in [9.17, 15) is 4.79 Å². The fraction of sp³-hybridized carbons (Fsp3) is 0.176. The molecule has 2 heterocycles. The molecule has 1 amide bonds. The maximum absolute atomic E-state index is 12.6. The molecule has 3 aromatic rings. The van der Waals surface area contributed by atoms with Crippen LogP contribution in [0.1, 0.15) is 21.6 Å². The van der Waals surface area contributed by atoms with Crippen molar-refractivity contribution in [3.8, 4) is 0 Å². The van der Waals surface area contributed by atoms with Gasteiger partial charge in [0.25, 0.3) is 5.91 Å². The van der Waals surface area contributed by atoms with Gasteiger partial charge in [0.05, 0.1) is 5.69 Å². The van der Waals surface area contributed by atoms with Gasteiger partial charge in [-0.25, -0.2) is 0 Å². The van der Waals surface area contributed by atoms with Gasteiger partial charge in [-0.2, -0.15) is 5.10 Å². The van der Waals surface area contributed by atoms with Crippen LogP contribution in [0.25, 0.3) is 10.8 Å². The molecule has 0 bridgehead atoms. The van der Waals surface area contributed by atoms with Crippen LogP contribution in [0.3, 0.4) is 0 Å². The minimum absolute atomic E-state index is 0.121. The number of fused-ring (bicyclic) bond motifs is 2. The van der Waals surface area contributed by atoms with Crippen LogP contribution in [0, 0.1) is 0 Å². The summed E-state index contributed by atoms with van der Waals surface area (Å²) < 4.78 is 0. The molecule has 1 aliphatic rings. The minimum atomic E-state index is -0.121. The number of benzene rings is 2. The molecule has 0 atom stereocenters. The van der Waals surface area contributed by atoms with Crippen LogP contribution in [-0.2, 0) is 13.0 Å². The lowest BCUT2D eigenvalue weighted by atomic mass is 10.0. The largest absolute Gasteiger partial charge is 0.311 e. The van der Waals surface area contributed by atoms with Crippen molar-refractivity contribution < 1.29 is 4.79 Å². The van der Waals surface area contributed by atoms with E-state index in [1.807, 2.05) is 42.5 Å². The Hall–Kier alpha value is -2.66. The van der Waals surface area contributed by atoms with Gasteiger partial charge < -0.3 is 10.6 Å². The van der Waals surface area contributed by atoms with Gasteiger partial charge >= 0.3 is 0 Å². The Morgan fingerprint density at radius 3 is 2.95 bits per heavy atom. The number of amides is 1. The number of hydrogen-bond donors (Lipinski definition) is 3.